The summed E-state index contributed by atoms with van der Waals surface area (Å²) in [4.78, 5) is 34.7. The van der Waals surface area contributed by atoms with Crippen LogP contribution in [0.4, 0.5) is 4.79 Å². The van der Waals surface area contributed by atoms with Gasteiger partial charge in [-0.1, -0.05) is 28.1 Å². The molecule has 0 saturated heterocycles. The van der Waals surface area contributed by atoms with Crippen molar-refractivity contribution < 1.29 is 19.1 Å². The lowest BCUT2D eigenvalue weighted by atomic mass is 10.2. The summed E-state index contributed by atoms with van der Waals surface area (Å²) in [5, 5.41) is 2.64. The minimum atomic E-state index is -0.490. The zero-order valence-corrected chi connectivity index (χ0v) is 13.5. The Morgan fingerprint density at radius 3 is 2.67 bits per heavy atom. The van der Waals surface area contributed by atoms with Crippen molar-refractivity contribution in [2.45, 2.75) is 11.3 Å². The smallest absolute Gasteiger partial charge is 0.372 e. The number of halogens is 1. The van der Waals surface area contributed by atoms with Gasteiger partial charge in [-0.2, -0.15) is 0 Å². The van der Waals surface area contributed by atoms with Crippen LogP contribution in [0.25, 0.3) is 0 Å². The van der Waals surface area contributed by atoms with E-state index in [0.717, 1.165) is 11.8 Å². The van der Waals surface area contributed by atoms with Gasteiger partial charge in [-0.25, -0.2) is 4.79 Å². The first kappa shape index (κ1) is 17.5. The molecule has 3 N–H and O–H groups in total. The quantitative estimate of drug-likeness (QED) is 0.431. The van der Waals surface area contributed by atoms with Crippen molar-refractivity contribution in [1.82, 2.24) is 5.32 Å². The maximum absolute atomic E-state index is 12.0. The summed E-state index contributed by atoms with van der Waals surface area (Å²) < 4.78 is 4.93. The van der Waals surface area contributed by atoms with Crippen LogP contribution in [0.1, 0.15) is 16.8 Å². The number of ether oxygens (including phenoxy) is 1. The van der Waals surface area contributed by atoms with Crippen LogP contribution in [0.3, 0.4) is 0 Å². The number of benzene rings is 1. The standard InChI is InChI=1S/C13H15BrN2O4S/c14-6-8-20-13(19)21-10-4-2-1-3-9(10)12(18)16-7-5-11(15)17/h1-4H,5-8H2,(H2,15,17)(H,16,18). The molecule has 0 atom stereocenters. The van der Waals surface area contributed by atoms with Crippen molar-refractivity contribution in [1.29, 1.82) is 0 Å². The number of nitrogens with one attached hydrogen (secondary N) is 1. The molecule has 0 aliphatic rings. The maximum atomic E-state index is 12.0. The molecule has 114 valence electrons. The molecule has 0 aliphatic heterocycles. The van der Waals surface area contributed by atoms with Crippen LogP contribution in [-0.4, -0.2) is 35.6 Å². The number of thioether (sulfide) groups is 1. The van der Waals surface area contributed by atoms with Crippen LogP contribution in [0.5, 0.6) is 0 Å². The van der Waals surface area contributed by atoms with E-state index < -0.39 is 11.2 Å². The number of amides is 2. The zero-order chi connectivity index (χ0) is 15.7. The van der Waals surface area contributed by atoms with E-state index in [1.54, 1.807) is 24.3 Å². The van der Waals surface area contributed by atoms with E-state index in [0.29, 0.717) is 15.8 Å². The van der Waals surface area contributed by atoms with Gasteiger partial charge >= 0.3 is 5.30 Å². The van der Waals surface area contributed by atoms with Crippen molar-refractivity contribution in [3.8, 4) is 0 Å². The van der Waals surface area contributed by atoms with Crippen molar-refractivity contribution >= 4 is 44.8 Å². The second-order valence-electron chi connectivity index (χ2n) is 3.86. The summed E-state index contributed by atoms with van der Waals surface area (Å²) in [6.45, 7) is 0.417. The van der Waals surface area contributed by atoms with Gasteiger partial charge in [0.1, 0.15) is 6.61 Å². The van der Waals surface area contributed by atoms with E-state index in [1.165, 1.54) is 0 Å². The van der Waals surface area contributed by atoms with Crippen LogP contribution in [0, 0.1) is 0 Å². The maximum Gasteiger partial charge on any atom is 0.372 e. The van der Waals surface area contributed by atoms with Gasteiger partial charge in [-0.05, 0) is 23.9 Å². The second-order valence-corrected chi connectivity index (χ2v) is 5.63. The topological polar surface area (TPSA) is 98.5 Å². The Balaban J connectivity index is 2.67. The van der Waals surface area contributed by atoms with E-state index >= 15 is 0 Å². The lowest BCUT2D eigenvalue weighted by Gasteiger charge is -2.09. The molecule has 6 nitrogen and oxygen atoms in total. The fraction of sp³-hybridized carbons (Fsp3) is 0.308. The summed E-state index contributed by atoms with van der Waals surface area (Å²) in [6, 6.07) is 6.67. The Labute approximate surface area is 134 Å². The summed E-state index contributed by atoms with van der Waals surface area (Å²) >= 11 is 4.00. The molecule has 0 aromatic heterocycles. The second kappa shape index (κ2) is 9.41. The average molecular weight is 375 g/mol. The van der Waals surface area contributed by atoms with E-state index in [4.69, 9.17) is 10.5 Å². The van der Waals surface area contributed by atoms with Gasteiger partial charge in [-0.15, -0.1) is 0 Å². The zero-order valence-electron chi connectivity index (χ0n) is 11.1. The number of hydrogen-bond donors (Lipinski definition) is 2. The highest BCUT2D eigenvalue weighted by Gasteiger charge is 2.15. The molecule has 8 heteroatoms. The Bertz CT molecular complexity index is 525. The molecule has 0 unspecified atom stereocenters. The normalized spacial score (nSPS) is 9.95. The molecule has 0 radical (unpaired) electrons. The largest absolute Gasteiger partial charge is 0.456 e. The minimum absolute atomic E-state index is 0.0638. The van der Waals surface area contributed by atoms with Crippen molar-refractivity contribution in [3.63, 3.8) is 0 Å². The summed E-state index contributed by atoms with van der Waals surface area (Å²) in [5.41, 5.74) is 5.35. The van der Waals surface area contributed by atoms with Crippen molar-refractivity contribution in [2.75, 3.05) is 18.5 Å². The molecule has 2 amide bonds. The first-order valence-corrected chi connectivity index (χ1v) is 8.04. The van der Waals surface area contributed by atoms with E-state index in [9.17, 15) is 14.4 Å². The summed E-state index contributed by atoms with van der Waals surface area (Å²) in [6.07, 6.45) is 0.0638. The lowest BCUT2D eigenvalue weighted by molar-refractivity contribution is -0.117. The fourth-order valence-electron chi connectivity index (χ4n) is 1.38. The van der Waals surface area contributed by atoms with E-state index in [2.05, 4.69) is 21.2 Å². The number of hydrogen-bond acceptors (Lipinski definition) is 5. The van der Waals surface area contributed by atoms with Crippen LogP contribution in [-0.2, 0) is 9.53 Å². The van der Waals surface area contributed by atoms with Gasteiger partial charge in [-0.3, -0.25) is 9.59 Å². The number of carbonyl (C=O) groups excluding carboxylic acids is 3. The molecule has 0 fully saturated rings. The van der Waals surface area contributed by atoms with Gasteiger partial charge in [0.2, 0.25) is 5.91 Å². The Morgan fingerprint density at radius 2 is 2.00 bits per heavy atom. The number of carbonyl (C=O) groups is 3. The highest BCUT2D eigenvalue weighted by Crippen LogP contribution is 2.24. The number of primary amides is 1. The number of rotatable bonds is 7. The lowest BCUT2D eigenvalue weighted by Crippen LogP contribution is -2.28. The molecule has 1 rings (SSSR count). The van der Waals surface area contributed by atoms with Gasteiger partial charge in [0.05, 0.1) is 5.56 Å². The van der Waals surface area contributed by atoms with E-state index in [-0.39, 0.29) is 25.5 Å². The van der Waals surface area contributed by atoms with Crippen LogP contribution >= 0.6 is 27.7 Å². The van der Waals surface area contributed by atoms with Crippen LogP contribution < -0.4 is 11.1 Å². The Morgan fingerprint density at radius 1 is 1.29 bits per heavy atom. The molecular weight excluding hydrogens is 360 g/mol. The molecular formula is C13H15BrN2O4S. The van der Waals surface area contributed by atoms with Crippen LogP contribution in [0.2, 0.25) is 0 Å². The summed E-state index contributed by atoms with van der Waals surface area (Å²) in [5.74, 6) is -0.857. The fourth-order valence-corrected chi connectivity index (χ4v) is 2.28. The molecule has 0 bridgehead atoms. The number of nitrogens with two attached hydrogens (primary N) is 1. The third-order valence-corrected chi connectivity index (χ3v) is 3.46. The third kappa shape index (κ3) is 6.63. The molecule has 1 aromatic rings. The first-order valence-electron chi connectivity index (χ1n) is 6.10. The average Bonchev–Trinajstić information content (AvgIpc) is 2.45. The number of alkyl halides is 1. The van der Waals surface area contributed by atoms with E-state index in [1.807, 2.05) is 0 Å². The van der Waals surface area contributed by atoms with Gasteiger partial charge < -0.3 is 15.8 Å². The predicted molar refractivity (Wildman–Crippen MR) is 83.6 cm³/mol. The SMILES string of the molecule is NC(=O)CCNC(=O)c1ccccc1SC(=O)OCCBr. The van der Waals surface area contributed by atoms with Crippen molar-refractivity contribution in [3.05, 3.63) is 29.8 Å². The Kier molecular flexibility index (Phi) is 7.84. The molecule has 21 heavy (non-hydrogen) atoms. The van der Waals surface area contributed by atoms with Crippen LogP contribution in [0.15, 0.2) is 29.2 Å². The molecule has 0 heterocycles. The summed E-state index contributed by atoms with van der Waals surface area (Å²) in [7, 11) is 0. The molecule has 0 aliphatic carbocycles. The minimum Gasteiger partial charge on any atom is -0.456 e. The van der Waals surface area contributed by atoms with Crippen molar-refractivity contribution in [2.24, 2.45) is 5.73 Å². The Hall–Kier alpha value is -1.54. The molecule has 0 spiro atoms. The predicted octanol–water partition coefficient (Wildman–Crippen LogP) is 1.92. The third-order valence-electron chi connectivity index (χ3n) is 2.28. The van der Waals surface area contributed by atoms with Gasteiger partial charge in [0, 0.05) is 23.2 Å². The monoisotopic (exact) mass is 374 g/mol. The highest BCUT2D eigenvalue weighted by atomic mass is 79.9. The molecule has 1 aromatic carbocycles. The first-order chi connectivity index (χ1) is 10.0. The van der Waals surface area contributed by atoms with Gasteiger partial charge in [0.25, 0.3) is 5.91 Å². The van der Waals surface area contributed by atoms with Gasteiger partial charge in [0.15, 0.2) is 0 Å². The highest BCUT2D eigenvalue weighted by molar-refractivity contribution is 9.09. The molecule has 0 saturated carbocycles.